The van der Waals surface area contributed by atoms with Crippen molar-refractivity contribution in [2.24, 2.45) is 5.73 Å². The van der Waals surface area contributed by atoms with E-state index in [4.69, 9.17) is 11.5 Å². The highest BCUT2D eigenvalue weighted by Crippen LogP contribution is 1.97. The predicted octanol–water partition coefficient (Wildman–Crippen LogP) is -0.556. The molecule has 0 aliphatic carbocycles. The number of amides is 2. The van der Waals surface area contributed by atoms with Crippen LogP contribution in [0.2, 0.25) is 0 Å². The van der Waals surface area contributed by atoms with Gasteiger partial charge in [0.05, 0.1) is 12.4 Å². The minimum absolute atomic E-state index is 0.217. The maximum absolute atomic E-state index is 11.5. The Balaban J connectivity index is 2.25. The van der Waals surface area contributed by atoms with E-state index >= 15 is 0 Å². The molecule has 7 nitrogen and oxygen atoms in total. The van der Waals surface area contributed by atoms with Gasteiger partial charge in [-0.2, -0.15) is 0 Å². The average molecular weight is 237 g/mol. The van der Waals surface area contributed by atoms with Crippen LogP contribution in [0.15, 0.2) is 12.4 Å². The Hall–Kier alpha value is -2.18. The second kappa shape index (κ2) is 6.41. The van der Waals surface area contributed by atoms with Gasteiger partial charge in [0, 0.05) is 13.0 Å². The molecule has 2 amide bonds. The van der Waals surface area contributed by atoms with E-state index < -0.39 is 0 Å². The zero-order valence-corrected chi connectivity index (χ0v) is 9.35. The zero-order valence-electron chi connectivity index (χ0n) is 9.35. The summed E-state index contributed by atoms with van der Waals surface area (Å²) in [5.41, 5.74) is 10.5. The number of anilines is 1. The Morgan fingerprint density at radius 1 is 1.24 bits per heavy atom. The second-order valence-electron chi connectivity index (χ2n) is 3.51. The average Bonchev–Trinajstić information content (AvgIpc) is 2.29. The van der Waals surface area contributed by atoms with E-state index in [2.05, 4.69) is 15.3 Å². The lowest BCUT2D eigenvalue weighted by Crippen LogP contribution is -2.25. The fourth-order valence-electron chi connectivity index (χ4n) is 1.17. The molecule has 0 atom stereocenters. The number of aromatic nitrogens is 2. The molecule has 92 valence electrons. The van der Waals surface area contributed by atoms with E-state index in [-0.39, 0.29) is 23.3 Å². The van der Waals surface area contributed by atoms with Crippen molar-refractivity contribution in [2.75, 3.05) is 12.3 Å². The summed E-state index contributed by atoms with van der Waals surface area (Å²) in [7, 11) is 0. The van der Waals surface area contributed by atoms with Crippen LogP contribution in [-0.2, 0) is 4.79 Å². The lowest BCUT2D eigenvalue weighted by atomic mass is 10.2. The van der Waals surface area contributed by atoms with Crippen molar-refractivity contribution in [1.82, 2.24) is 15.3 Å². The first-order valence-electron chi connectivity index (χ1n) is 5.23. The number of rotatable bonds is 6. The van der Waals surface area contributed by atoms with Gasteiger partial charge in [-0.15, -0.1) is 0 Å². The van der Waals surface area contributed by atoms with Gasteiger partial charge in [-0.1, -0.05) is 0 Å². The molecule has 0 radical (unpaired) electrons. The zero-order chi connectivity index (χ0) is 12.7. The second-order valence-corrected chi connectivity index (χ2v) is 3.51. The first-order valence-corrected chi connectivity index (χ1v) is 5.23. The lowest BCUT2D eigenvalue weighted by molar-refractivity contribution is -0.118. The van der Waals surface area contributed by atoms with Gasteiger partial charge in [-0.25, -0.2) is 9.97 Å². The molecule has 5 N–H and O–H groups in total. The van der Waals surface area contributed by atoms with Crippen molar-refractivity contribution in [2.45, 2.75) is 19.3 Å². The van der Waals surface area contributed by atoms with Crippen molar-refractivity contribution in [3.63, 3.8) is 0 Å². The largest absolute Gasteiger partial charge is 0.382 e. The molecule has 0 saturated carbocycles. The fourth-order valence-corrected chi connectivity index (χ4v) is 1.17. The molecule has 0 unspecified atom stereocenters. The van der Waals surface area contributed by atoms with E-state index in [1.807, 2.05) is 0 Å². The summed E-state index contributed by atoms with van der Waals surface area (Å²) in [5, 5.41) is 2.66. The van der Waals surface area contributed by atoms with Gasteiger partial charge >= 0.3 is 0 Å². The summed E-state index contributed by atoms with van der Waals surface area (Å²) in [5.74, 6) is -0.375. The Kier molecular flexibility index (Phi) is 4.86. The molecule has 0 aromatic carbocycles. The summed E-state index contributed by atoms with van der Waals surface area (Å²) >= 11 is 0. The van der Waals surface area contributed by atoms with Crippen molar-refractivity contribution < 1.29 is 9.59 Å². The number of nitrogens with one attached hydrogen (secondary N) is 1. The van der Waals surface area contributed by atoms with Gasteiger partial charge < -0.3 is 16.8 Å². The topological polar surface area (TPSA) is 124 Å². The number of unbranched alkanes of at least 4 members (excludes halogenated alkanes) is 1. The number of primary amides is 1. The molecule has 0 bridgehead atoms. The smallest absolute Gasteiger partial charge is 0.271 e. The fraction of sp³-hybridized carbons (Fsp3) is 0.400. The molecular weight excluding hydrogens is 222 g/mol. The highest BCUT2D eigenvalue weighted by Gasteiger charge is 2.06. The molecule has 1 heterocycles. The minimum Gasteiger partial charge on any atom is -0.382 e. The SMILES string of the molecule is NC(=O)CCCCNC(=O)c1cnc(N)cn1. The van der Waals surface area contributed by atoms with Crippen molar-refractivity contribution in [3.05, 3.63) is 18.1 Å². The molecule has 0 aliphatic rings. The molecular formula is C10H15N5O2. The van der Waals surface area contributed by atoms with Crippen molar-refractivity contribution in [1.29, 1.82) is 0 Å². The van der Waals surface area contributed by atoms with Crippen molar-refractivity contribution >= 4 is 17.6 Å². The van der Waals surface area contributed by atoms with Crippen molar-refractivity contribution in [3.8, 4) is 0 Å². The number of nitrogens with zero attached hydrogens (tertiary/aromatic N) is 2. The lowest BCUT2D eigenvalue weighted by Gasteiger charge is -2.03. The normalized spacial score (nSPS) is 9.88. The monoisotopic (exact) mass is 237 g/mol. The van der Waals surface area contributed by atoms with Crippen LogP contribution in [-0.4, -0.2) is 28.3 Å². The Morgan fingerprint density at radius 3 is 2.59 bits per heavy atom. The standard InChI is InChI=1S/C10H15N5O2/c11-8-6-14-7(5-15-8)10(17)13-4-2-1-3-9(12)16/h5-6H,1-4H2,(H2,11,15)(H2,12,16)(H,13,17). The quantitative estimate of drug-likeness (QED) is 0.572. The minimum atomic E-state index is -0.333. The first-order chi connectivity index (χ1) is 8.09. The number of carbonyl (C=O) groups excluding carboxylic acids is 2. The Morgan fingerprint density at radius 2 is 2.00 bits per heavy atom. The summed E-state index contributed by atoms with van der Waals surface area (Å²) in [6, 6.07) is 0. The highest BCUT2D eigenvalue weighted by atomic mass is 16.2. The molecule has 1 aromatic rings. The van der Waals surface area contributed by atoms with Gasteiger partial charge in [0.15, 0.2) is 0 Å². The Labute approximate surface area is 98.6 Å². The summed E-state index contributed by atoms with van der Waals surface area (Å²) in [4.78, 5) is 29.6. The van der Waals surface area contributed by atoms with Crippen LogP contribution in [0.3, 0.4) is 0 Å². The van der Waals surface area contributed by atoms with E-state index in [1.165, 1.54) is 12.4 Å². The third-order valence-corrected chi connectivity index (χ3v) is 2.04. The maximum Gasteiger partial charge on any atom is 0.271 e. The summed E-state index contributed by atoms with van der Waals surface area (Å²) in [6.07, 6.45) is 4.31. The summed E-state index contributed by atoms with van der Waals surface area (Å²) < 4.78 is 0. The Bertz CT molecular complexity index is 390. The molecule has 0 spiro atoms. The molecule has 1 aromatic heterocycles. The highest BCUT2D eigenvalue weighted by molar-refractivity contribution is 5.91. The molecule has 0 aliphatic heterocycles. The third kappa shape index (κ3) is 4.92. The third-order valence-electron chi connectivity index (χ3n) is 2.04. The number of hydrogen-bond acceptors (Lipinski definition) is 5. The predicted molar refractivity (Wildman–Crippen MR) is 61.8 cm³/mol. The molecule has 0 fully saturated rings. The van der Waals surface area contributed by atoms with Gasteiger partial charge in [0.2, 0.25) is 5.91 Å². The van der Waals surface area contributed by atoms with E-state index in [0.717, 1.165) is 0 Å². The van der Waals surface area contributed by atoms with Gasteiger partial charge in [-0.05, 0) is 12.8 Å². The molecule has 1 rings (SSSR count). The summed E-state index contributed by atoms with van der Waals surface area (Å²) in [6.45, 7) is 0.470. The van der Waals surface area contributed by atoms with Crippen LogP contribution >= 0.6 is 0 Å². The van der Waals surface area contributed by atoms with Crippen LogP contribution < -0.4 is 16.8 Å². The van der Waals surface area contributed by atoms with Crippen LogP contribution in [0, 0.1) is 0 Å². The number of hydrogen-bond donors (Lipinski definition) is 3. The maximum atomic E-state index is 11.5. The number of nitrogens with two attached hydrogens (primary N) is 2. The molecule has 17 heavy (non-hydrogen) atoms. The van der Waals surface area contributed by atoms with Gasteiger partial charge in [0.1, 0.15) is 11.5 Å². The van der Waals surface area contributed by atoms with E-state index in [9.17, 15) is 9.59 Å². The van der Waals surface area contributed by atoms with Gasteiger partial charge in [-0.3, -0.25) is 9.59 Å². The van der Waals surface area contributed by atoms with Crippen LogP contribution in [0.1, 0.15) is 29.8 Å². The van der Waals surface area contributed by atoms with Gasteiger partial charge in [0.25, 0.3) is 5.91 Å². The number of nitrogen functional groups attached to an aromatic ring is 1. The van der Waals surface area contributed by atoms with Crippen LogP contribution in [0.25, 0.3) is 0 Å². The first kappa shape index (κ1) is 12.9. The van der Waals surface area contributed by atoms with Crippen LogP contribution in [0.4, 0.5) is 5.82 Å². The van der Waals surface area contributed by atoms with E-state index in [0.29, 0.717) is 25.8 Å². The number of carbonyl (C=O) groups is 2. The molecule has 7 heteroatoms. The molecule has 0 saturated heterocycles. The van der Waals surface area contributed by atoms with Crippen LogP contribution in [0.5, 0.6) is 0 Å². The van der Waals surface area contributed by atoms with E-state index in [1.54, 1.807) is 0 Å².